The summed E-state index contributed by atoms with van der Waals surface area (Å²) in [5, 5.41) is 10.4. The summed E-state index contributed by atoms with van der Waals surface area (Å²) in [7, 11) is 0. The first-order valence-corrected chi connectivity index (χ1v) is 7.79. The second-order valence-electron chi connectivity index (χ2n) is 5.02. The molecule has 0 amide bonds. The van der Waals surface area contributed by atoms with Gasteiger partial charge in [-0.15, -0.1) is 0 Å². The number of carbonyl (C=O) groups excluding carboxylic acids is 2. The first-order valence-electron chi connectivity index (χ1n) is 7.79. The van der Waals surface area contributed by atoms with Crippen LogP contribution in [0.3, 0.4) is 0 Å². The van der Waals surface area contributed by atoms with Crippen molar-refractivity contribution in [1.29, 1.82) is 0 Å². The van der Waals surface area contributed by atoms with Crippen molar-refractivity contribution in [2.75, 3.05) is 13.2 Å². The Morgan fingerprint density at radius 1 is 1.04 bits per heavy atom. The molecule has 24 heavy (non-hydrogen) atoms. The molecule has 0 aromatic heterocycles. The molecule has 2 rings (SSSR count). The standard InChI is InChI=1S/C19H20O5/c1-3-23-18-14(12-20)10-11-15(19(18)24-4-2)17(22)16(21)13-8-6-5-7-9-13/h5-12,16,21H,3-4H2,1-2H3. The topological polar surface area (TPSA) is 72.8 Å². The van der Waals surface area contributed by atoms with E-state index in [-0.39, 0.29) is 17.1 Å². The summed E-state index contributed by atoms with van der Waals surface area (Å²) in [5.74, 6) is -0.104. The van der Waals surface area contributed by atoms with Crippen LogP contribution in [0.5, 0.6) is 11.5 Å². The van der Waals surface area contributed by atoms with E-state index in [0.717, 1.165) is 0 Å². The van der Waals surface area contributed by atoms with Crippen LogP contribution in [0.15, 0.2) is 42.5 Å². The van der Waals surface area contributed by atoms with Crippen LogP contribution < -0.4 is 9.47 Å². The monoisotopic (exact) mass is 328 g/mol. The number of rotatable bonds is 8. The van der Waals surface area contributed by atoms with Gasteiger partial charge >= 0.3 is 0 Å². The van der Waals surface area contributed by atoms with Crippen molar-refractivity contribution in [3.05, 3.63) is 59.2 Å². The summed E-state index contributed by atoms with van der Waals surface area (Å²) in [6, 6.07) is 11.6. The van der Waals surface area contributed by atoms with Gasteiger partial charge in [-0.25, -0.2) is 0 Å². The Labute approximate surface area is 140 Å². The highest BCUT2D eigenvalue weighted by atomic mass is 16.5. The molecule has 0 aliphatic heterocycles. The Kier molecular flexibility index (Phi) is 6.09. The number of hydrogen-bond donors (Lipinski definition) is 1. The van der Waals surface area contributed by atoms with Gasteiger partial charge in [0.25, 0.3) is 0 Å². The molecule has 0 fully saturated rings. The third kappa shape index (κ3) is 3.63. The molecule has 0 spiro atoms. The number of aldehydes is 1. The molecule has 5 heteroatoms. The quantitative estimate of drug-likeness (QED) is 0.595. The lowest BCUT2D eigenvalue weighted by Gasteiger charge is -2.18. The number of Topliss-reactive ketones (excluding diaryl/α,β-unsaturated/α-hetero) is 1. The highest BCUT2D eigenvalue weighted by Gasteiger charge is 2.26. The Balaban J connectivity index is 2.50. The summed E-state index contributed by atoms with van der Waals surface area (Å²) in [6.45, 7) is 4.16. The van der Waals surface area contributed by atoms with Crippen molar-refractivity contribution in [2.45, 2.75) is 20.0 Å². The lowest BCUT2D eigenvalue weighted by molar-refractivity contribution is 0.0742. The molecule has 0 radical (unpaired) electrons. The van der Waals surface area contributed by atoms with Gasteiger partial charge in [-0.2, -0.15) is 0 Å². The van der Waals surface area contributed by atoms with Crippen LogP contribution in [0.1, 0.15) is 46.2 Å². The Hall–Kier alpha value is -2.66. The first kappa shape index (κ1) is 17.7. The minimum Gasteiger partial charge on any atom is -0.489 e. The normalized spacial score (nSPS) is 11.6. The Morgan fingerprint density at radius 2 is 1.67 bits per heavy atom. The van der Waals surface area contributed by atoms with Crippen molar-refractivity contribution >= 4 is 12.1 Å². The number of aliphatic hydroxyl groups excluding tert-OH is 1. The molecule has 2 aromatic rings. The van der Waals surface area contributed by atoms with E-state index in [2.05, 4.69) is 0 Å². The number of aliphatic hydroxyl groups is 1. The highest BCUT2D eigenvalue weighted by molar-refractivity contribution is 6.04. The molecule has 1 atom stereocenters. The molecule has 1 N–H and O–H groups in total. The van der Waals surface area contributed by atoms with Gasteiger partial charge in [0.1, 0.15) is 6.10 Å². The van der Waals surface area contributed by atoms with E-state index in [4.69, 9.17) is 9.47 Å². The minimum atomic E-state index is -1.32. The van der Waals surface area contributed by atoms with Crippen molar-refractivity contribution in [3.63, 3.8) is 0 Å². The Bertz CT molecular complexity index is 709. The average Bonchev–Trinajstić information content (AvgIpc) is 2.62. The number of ketones is 1. The zero-order valence-corrected chi connectivity index (χ0v) is 13.7. The third-order valence-corrected chi connectivity index (χ3v) is 3.48. The van der Waals surface area contributed by atoms with E-state index in [0.29, 0.717) is 30.6 Å². The van der Waals surface area contributed by atoms with Gasteiger partial charge in [0.15, 0.2) is 23.6 Å². The lowest BCUT2D eigenvalue weighted by atomic mass is 9.97. The van der Waals surface area contributed by atoms with Crippen molar-refractivity contribution in [3.8, 4) is 11.5 Å². The zero-order chi connectivity index (χ0) is 17.5. The molecule has 0 aliphatic rings. The van der Waals surface area contributed by atoms with Crippen LogP contribution in [0.25, 0.3) is 0 Å². The van der Waals surface area contributed by atoms with E-state index in [9.17, 15) is 14.7 Å². The second kappa shape index (κ2) is 8.26. The number of hydrogen-bond acceptors (Lipinski definition) is 5. The predicted octanol–water partition coefficient (Wildman–Crippen LogP) is 3.21. The Morgan fingerprint density at radius 3 is 2.25 bits per heavy atom. The number of carbonyl (C=O) groups is 2. The van der Waals surface area contributed by atoms with Crippen LogP contribution in [-0.2, 0) is 0 Å². The van der Waals surface area contributed by atoms with Gasteiger partial charge in [0.05, 0.1) is 24.3 Å². The molecular weight excluding hydrogens is 308 g/mol. The maximum atomic E-state index is 12.7. The fourth-order valence-corrected chi connectivity index (χ4v) is 2.38. The summed E-state index contributed by atoms with van der Waals surface area (Å²) in [6.07, 6.45) is -0.669. The third-order valence-electron chi connectivity index (χ3n) is 3.48. The molecule has 0 aliphatic carbocycles. The number of benzene rings is 2. The van der Waals surface area contributed by atoms with Gasteiger partial charge in [0, 0.05) is 0 Å². The molecule has 0 heterocycles. The van der Waals surface area contributed by atoms with Gasteiger partial charge in [0.2, 0.25) is 0 Å². The smallest absolute Gasteiger partial charge is 0.199 e. The maximum Gasteiger partial charge on any atom is 0.199 e. The summed E-state index contributed by atoms with van der Waals surface area (Å²) in [4.78, 5) is 23.9. The molecule has 5 nitrogen and oxygen atoms in total. The maximum absolute atomic E-state index is 12.7. The van der Waals surface area contributed by atoms with Crippen LogP contribution in [0, 0.1) is 0 Å². The van der Waals surface area contributed by atoms with E-state index >= 15 is 0 Å². The van der Waals surface area contributed by atoms with E-state index in [1.807, 2.05) is 0 Å². The van der Waals surface area contributed by atoms with Crippen LogP contribution >= 0.6 is 0 Å². The fourth-order valence-electron chi connectivity index (χ4n) is 2.38. The summed E-state index contributed by atoms with van der Waals surface area (Å²) >= 11 is 0. The molecule has 1 unspecified atom stereocenters. The van der Waals surface area contributed by atoms with E-state index in [1.165, 1.54) is 12.1 Å². The van der Waals surface area contributed by atoms with Gasteiger partial charge in [-0.05, 0) is 31.5 Å². The largest absolute Gasteiger partial charge is 0.489 e. The molecular formula is C19H20O5. The predicted molar refractivity (Wildman–Crippen MR) is 89.9 cm³/mol. The summed E-state index contributed by atoms with van der Waals surface area (Å²) < 4.78 is 11.1. The molecule has 0 saturated carbocycles. The average molecular weight is 328 g/mol. The molecule has 0 saturated heterocycles. The number of ether oxygens (including phenoxy) is 2. The molecule has 2 aromatic carbocycles. The molecule has 0 bridgehead atoms. The first-order chi connectivity index (χ1) is 11.6. The zero-order valence-electron chi connectivity index (χ0n) is 13.7. The second-order valence-corrected chi connectivity index (χ2v) is 5.02. The molecule has 126 valence electrons. The van der Waals surface area contributed by atoms with Gasteiger partial charge in [-0.1, -0.05) is 30.3 Å². The SMILES string of the molecule is CCOc1c(C=O)ccc(C(=O)C(O)c2ccccc2)c1OCC. The van der Waals surface area contributed by atoms with Crippen LogP contribution in [0.2, 0.25) is 0 Å². The lowest BCUT2D eigenvalue weighted by Crippen LogP contribution is -2.15. The summed E-state index contributed by atoms with van der Waals surface area (Å²) in [5.41, 5.74) is 0.968. The van der Waals surface area contributed by atoms with E-state index < -0.39 is 11.9 Å². The van der Waals surface area contributed by atoms with E-state index in [1.54, 1.807) is 44.2 Å². The van der Waals surface area contributed by atoms with Crippen LogP contribution in [-0.4, -0.2) is 30.4 Å². The van der Waals surface area contributed by atoms with Crippen molar-refractivity contribution in [1.82, 2.24) is 0 Å². The van der Waals surface area contributed by atoms with Gasteiger partial charge < -0.3 is 14.6 Å². The van der Waals surface area contributed by atoms with Gasteiger partial charge in [-0.3, -0.25) is 9.59 Å². The van der Waals surface area contributed by atoms with Crippen molar-refractivity contribution < 1.29 is 24.2 Å². The fraction of sp³-hybridized carbons (Fsp3) is 0.263. The van der Waals surface area contributed by atoms with Crippen molar-refractivity contribution in [2.24, 2.45) is 0 Å². The van der Waals surface area contributed by atoms with Crippen LogP contribution in [0.4, 0.5) is 0 Å². The minimum absolute atomic E-state index is 0.183. The highest BCUT2D eigenvalue weighted by Crippen LogP contribution is 2.36.